The summed E-state index contributed by atoms with van der Waals surface area (Å²) in [5.41, 5.74) is 13.4. The predicted molar refractivity (Wildman–Crippen MR) is 63.2 cm³/mol. The van der Waals surface area contributed by atoms with Crippen molar-refractivity contribution in [2.24, 2.45) is 11.5 Å². The van der Waals surface area contributed by atoms with Crippen molar-refractivity contribution in [2.75, 3.05) is 13.2 Å². The summed E-state index contributed by atoms with van der Waals surface area (Å²) in [5.74, 6) is 0.0770. The van der Waals surface area contributed by atoms with E-state index in [-0.39, 0.29) is 11.8 Å². The van der Waals surface area contributed by atoms with Crippen LogP contribution in [0.15, 0.2) is 0 Å². The standard InChI is InChI=1S/C10H24N4O2/c1-3-7-16-14-9(8(2)15)5-4-6-13-10(11)12/h9-10,13-14H,3-7,11-12H2,1-2H3/t9-/m0/s1. The maximum atomic E-state index is 11.3. The van der Waals surface area contributed by atoms with E-state index < -0.39 is 6.29 Å². The zero-order valence-corrected chi connectivity index (χ0v) is 10.2. The topological polar surface area (TPSA) is 102 Å². The van der Waals surface area contributed by atoms with E-state index in [4.69, 9.17) is 16.3 Å². The first-order valence-corrected chi connectivity index (χ1v) is 5.70. The normalized spacial score (nSPS) is 13.1. The Balaban J connectivity index is 3.64. The Morgan fingerprint density at radius 1 is 1.44 bits per heavy atom. The fourth-order valence-electron chi connectivity index (χ4n) is 1.18. The Bertz CT molecular complexity index is 188. The molecule has 0 unspecified atom stereocenters. The minimum Gasteiger partial charge on any atom is -0.304 e. The molecule has 96 valence electrons. The van der Waals surface area contributed by atoms with Crippen molar-refractivity contribution in [3.63, 3.8) is 0 Å². The highest BCUT2D eigenvalue weighted by Gasteiger charge is 2.13. The SMILES string of the molecule is CCCON[C@@H](CCCNC(N)N)C(C)=O. The largest absolute Gasteiger partial charge is 0.304 e. The third kappa shape index (κ3) is 8.75. The molecule has 1 atom stereocenters. The average molecular weight is 232 g/mol. The fourth-order valence-corrected chi connectivity index (χ4v) is 1.18. The van der Waals surface area contributed by atoms with Crippen molar-refractivity contribution in [1.82, 2.24) is 10.8 Å². The Labute approximate surface area is 97.0 Å². The van der Waals surface area contributed by atoms with Crippen LogP contribution in [0.5, 0.6) is 0 Å². The predicted octanol–water partition coefficient (Wildman–Crippen LogP) is -0.554. The van der Waals surface area contributed by atoms with Crippen LogP contribution in [0, 0.1) is 0 Å². The van der Waals surface area contributed by atoms with Gasteiger partial charge in [-0.05, 0) is 32.7 Å². The molecule has 0 heterocycles. The molecule has 0 spiro atoms. The lowest BCUT2D eigenvalue weighted by Crippen LogP contribution is -2.46. The van der Waals surface area contributed by atoms with E-state index in [1.54, 1.807) is 6.92 Å². The maximum Gasteiger partial charge on any atom is 0.149 e. The van der Waals surface area contributed by atoms with Crippen LogP contribution in [0.3, 0.4) is 0 Å². The molecule has 0 aromatic carbocycles. The van der Waals surface area contributed by atoms with Crippen LogP contribution in [0.2, 0.25) is 0 Å². The second-order valence-electron chi connectivity index (χ2n) is 3.75. The van der Waals surface area contributed by atoms with Crippen molar-refractivity contribution in [3.8, 4) is 0 Å². The third-order valence-electron chi connectivity index (χ3n) is 2.07. The van der Waals surface area contributed by atoms with Gasteiger partial charge in [0, 0.05) is 0 Å². The lowest BCUT2D eigenvalue weighted by atomic mass is 10.1. The van der Waals surface area contributed by atoms with Crippen LogP contribution >= 0.6 is 0 Å². The van der Waals surface area contributed by atoms with Crippen LogP contribution < -0.4 is 22.3 Å². The average Bonchev–Trinajstić information content (AvgIpc) is 2.21. The molecule has 6 N–H and O–H groups in total. The highest BCUT2D eigenvalue weighted by Crippen LogP contribution is 1.98. The minimum atomic E-state index is -0.500. The molecule has 0 saturated heterocycles. The van der Waals surface area contributed by atoms with E-state index in [0.717, 1.165) is 12.8 Å². The van der Waals surface area contributed by atoms with Gasteiger partial charge in [-0.3, -0.25) is 10.1 Å². The van der Waals surface area contributed by atoms with Gasteiger partial charge in [0.1, 0.15) is 12.1 Å². The monoisotopic (exact) mass is 232 g/mol. The lowest BCUT2D eigenvalue weighted by Gasteiger charge is -2.16. The molecule has 0 aromatic heterocycles. The zero-order chi connectivity index (χ0) is 12.4. The molecule has 0 rings (SSSR count). The van der Waals surface area contributed by atoms with Gasteiger partial charge in [-0.15, -0.1) is 0 Å². The molecule has 0 aliphatic carbocycles. The van der Waals surface area contributed by atoms with Gasteiger partial charge in [0.15, 0.2) is 0 Å². The highest BCUT2D eigenvalue weighted by molar-refractivity contribution is 5.81. The minimum absolute atomic E-state index is 0.0770. The number of nitrogens with two attached hydrogens (primary N) is 2. The summed E-state index contributed by atoms with van der Waals surface area (Å²) in [6.07, 6.45) is 1.94. The van der Waals surface area contributed by atoms with Gasteiger partial charge >= 0.3 is 0 Å². The lowest BCUT2D eigenvalue weighted by molar-refractivity contribution is -0.123. The van der Waals surface area contributed by atoms with Gasteiger partial charge in [0.2, 0.25) is 0 Å². The first kappa shape index (κ1) is 15.5. The van der Waals surface area contributed by atoms with Crippen molar-refractivity contribution in [1.29, 1.82) is 0 Å². The number of carbonyl (C=O) groups excluding carboxylic acids is 1. The Morgan fingerprint density at radius 2 is 2.12 bits per heavy atom. The van der Waals surface area contributed by atoms with Crippen molar-refractivity contribution >= 4 is 5.78 Å². The molecule has 6 heteroatoms. The summed E-state index contributed by atoms with van der Waals surface area (Å²) in [5, 5.41) is 2.88. The fraction of sp³-hybridized carbons (Fsp3) is 0.900. The van der Waals surface area contributed by atoms with E-state index in [2.05, 4.69) is 10.8 Å². The van der Waals surface area contributed by atoms with Crippen LogP contribution in [-0.2, 0) is 9.63 Å². The van der Waals surface area contributed by atoms with Gasteiger partial charge in [0.05, 0.1) is 12.6 Å². The summed E-state index contributed by atoms with van der Waals surface area (Å²) >= 11 is 0. The number of hydroxylamine groups is 1. The van der Waals surface area contributed by atoms with Crippen molar-refractivity contribution in [2.45, 2.75) is 45.4 Å². The first-order valence-electron chi connectivity index (χ1n) is 5.70. The number of nitrogens with one attached hydrogen (secondary N) is 2. The Morgan fingerprint density at radius 3 is 2.62 bits per heavy atom. The molecular formula is C10H24N4O2. The van der Waals surface area contributed by atoms with Crippen molar-refractivity contribution < 1.29 is 9.63 Å². The second kappa shape index (κ2) is 9.68. The molecule has 6 nitrogen and oxygen atoms in total. The molecule has 0 aromatic rings. The van der Waals surface area contributed by atoms with Gasteiger partial charge in [-0.2, -0.15) is 5.48 Å². The quantitative estimate of drug-likeness (QED) is 0.229. The van der Waals surface area contributed by atoms with E-state index in [1.807, 2.05) is 6.92 Å². The molecular weight excluding hydrogens is 208 g/mol. The first-order chi connectivity index (χ1) is 7.57. The van der Waals surface area contributed by atoms with Crippen LogP contribution in [-0.4, -0.2) is 31.3 Å². The van der Waals surface area contributed by atoms with E-state index in [1.165, 1.54) is 0 Å². The summed E-state index contributed by atoms with van der Waals surface area (Å²) in [4.78, 5) is 16.4. The second-order valence-corrected chi connectivity index (χ2v) is 3.75. The molecule has 16 heavy (non-hydrogen) atoms. The number of hydrogen-bond donors (Lipinski definition) is 4. The molecule has 0 radical (unpaired) electrons. The number of ketones is 1. The third-order valence-corrected chi connectivity index (χ3v) is 2.07. The van der Waals surface area contributed by atoms with E-state index >= 15 is 0 Å². The molecule has 0 amide bonds. The van der Waals surface area contributed by atoms with Gasteiger partial charge in [-0.1, -0.05) is 6.92 Å². The zero-order valence-electron chi connectivity index (χ0n) is 10.2. The Hall–Kier alpha value is -0.530. The highest BCUT2D eigenvalue weighted by atomic mass is 16.6. The van der Waals surface area contributed by atoms with Gasteiger partial charge < -0.3 is 16.3 Å². The molecule has 0 saturated carbocycles. The van der Waals surface area contributed by atoms with Crippen LogP contribution in [0.4, 0.5) is 0 Å². The summed E-state index contributed by atoms with van der Waals surface area (Å²) in [7, 11) is 0. The number of Topliss-reactive ketones (excluding diaryl/α,β-unsaturated/α-hetero) is 1. The number of hydrogen-bond acceptors (Lipinski definition) is 6. The van der Waals surface area contributed by atoms with E-state index in [9.17, 15) is 4.79 Å². The van der Waals surface area contributed by atoms with Crippen molar-refractivity contribution in [3.05, 3.63) is 0 Å². The molecule has 0 aliphatic rings. The molecule has 0 bridgehead atoms. The molecule has 0 fully saturated rings. The van der Waals surface area contributed by atoms with Gasteiger partial charge in [0.25, 0.3) is 0 Å². The maximum absolute atomic E-state index is 11.3. The number of carbonyl (C=O) groups is 1. The summed E-state index contributed by atoms with van der Waals surface area (Å²) in [6.45, 7) is 4.86. The van der Waals surface area contributed by atoms with Gasteiger partial charge in [-0.25, -0.2) is 0 Å². The molecule has 0 aliphatic heterocycles. The smallest absolute Gasteiger partial charge is 0.149 e. The van der Waals surface area contributed by atoms with E-state index in [0.29, 0.717) is 19.6 Å². The number of rotatable bonds is 10. The van der Waals surface area contributed by atoms with Crippen LogP contribution in [0.25, 0.3) is 0 Å². The summed E-state index contributed by atoms with van der Waals surface area (Å²) in [6, 6.07) is -0.248. The summed E-state index contributed by atoms with van der Waals surface area (Å²) < 4.78 is 0. The Kier molecular flexibility index (Phi) is 9.36. The van der Waals surface area contributed by atoms with Crippen LogP contribution in [0.1, 0.15) is 33.1 Å².